The Bertz CT molecular complexity index is 6140. The Hall–Kier alpha value is -14.1. The molecule has 4 aliphatic rings. The zero-order valence-corrected chi connectivity index (χ0v) is 80.1. The minimum Gasteiger partial charge on any atom is -0.480 e. The standard InChI is InChI=1S/C20H20N2O4.C19H19NO4.C19H17NO4.C14H11ClO.C14H12O2.C7H9BO2.C7H5BrO2.C5H9NO3.CH2Cl2.CH4/c1-13-5-3-4-6-17(13)14-7-9-15(10-8-14)19(23)22-12-16(21-26-2)11-18(22)20(24)25;2*1-12-4-2-3-5-16(12)13-6-8-14(9-7-13)18(22)20-11-15(21)10-17(20)19(23)24;2*1-10-4-2-3-5-13(10)11-6-8-12(9-7-11)14(15)16;1-6-4-2-3-5-7(6)8(9)10;8-6-3-1-5(2-4-6)7(9)10;7-3-1-4(5(8)9)6-2-3;2-1-3;/h3-10,18H,11-12H2,1-2H3,(H,24,25);2-9,15,17,21H,10-11H2,1H3,(H,23,24);2-9,17H,10-11H2,1H3,(H,23,24);2-9H,1H3;2-9H,1H3,(H,15,16);2-5,9-10H,1H3;1-4H,(H,9,10);3-4,6-7H,1-2H2,(H,8,9);1H2;1H4/t18-;15-,17+;17-;;;;;3-,4+;;/m010....1../s1. The number of aromatic carboxylic acids is 2. The van der Waals surface area contributed by atoms with Gasteiger partial charge in [0.2, 0.25) is 0 Å². The van der Waals surface area contributed by atoms with Gasteiger partial charge in [0, 0.05) is 65.5 Å². The topological polar surface area (TPSA) is 433 Å². The van der Waals surface area contributed by atoms with Gasteiger partial charge in [-0.15, -0.1) is 23.2 Å². The summed E-state index contributed by atoms with van der Waals surface area (Å²) in [6.45, 7) is 12.5. The maximum Gasteiger partial charge on any atom is 0.488 e. The number of carbonyl (C=O) groups is 11. The van der Waals surface area contributed by atoms with Crippen LogP contribution in [0.2, 0.25) is 0 Å². The SMILES string of the molecule is C.CON=C1C[C@@H](C(=O)O)N(C(=O)c2ccc(-c3ccccc3C)cc2)C1.Cc1ccccc1-c1ccc(C(=O)Cl)cc1.Cc1ccccc1-c1ccc(C(=O)N2CC(=O)C[C@H]2C(=O)O)cc1.Cc1ccccc1-c1ccc(C(=O)N2C[C@H](O)C[C@H]2C(=O)O)cc1.Cc1ccccc1-c1ccc(C(=O)O)cc1.Cc1ccccc1B(O)O.ClCCl.O=C(O)[C@@H]1C[C@@H](O)CN1.O=C(O)c1ccc(Br)cc1. The van der Waals surface area contributed by atoms with Crippen molar-refractivity contribution in [3.63, 3.8) is 0 Å². The molecule has 27 nitrogen and oxygen atoms in total. The van der Waals surface area contributed by atoms with E-state index in [-0.39, 0.29) is 69.3 Å². The van der Waals surface area contributed by atoms with Crippen molar-refractivity contribution in [2.24, 2.45) is 5.16 Å². The monoisotopic (exact) mass is 2010 g/mol. The van der Waals surface area contributed by atoms with Crippen LogP contribution in [0, 0.1) is 41.5 Å². The predicted octanol–water partition coefficient (Wildman–Crippen LogP) is 17.9. The molecule has 6 atom stereocenters. The molecular weight excluding hydrogens is 1900 g/mol. The van der Waals surface area contributed by atoms with Crippen LogP contribution in [-0.4, -0.2) is 218 Å². The molecule has 12 aromatic carbocycles. The zero-order chi connectivity index (χ0) is 101. The molecule has 139 heavy (non-hydrogen) atoms. The lowest BCUT2D eigenvalue weighted by Gasteiger charge is -2.21. The number of ketones is 1. The minimum atomic E-state index is -1.35. The van der Waals surface area contributed by atoms with Gasteiger partial charge in [-0.3, -0.25) is 28.8 Å². The highest BCUT2D eigenvalue weighted by Crippen LogP contribution is 2.32. The number of halogens is 4. The van der Waals surface area contributed by atoms with Crippen LogP contribution < -0.4 is 10.8 Å². The summed E-state index contributed by atoms with van der Waals surface area (Å²) in [5, 5.41) is 95.7. The van der Waals surface area contributed by atoms with Crippen LogP contribution in [0.3, 0.4) is 0 Å². The predicted molar refractivity (Wildman–Crippen MR) is 542 cm³/mol. The highest BCUT2D eigenvalue weighted by Gasteiger charge is 2.42. The molecule has 0 spiro atoms. The van der Waals surface area contributed by atoms with Crippen molar-refractivity contribution in [1.82, 2.24) is 20.0 Å². The number of β-amino-alcohol motifs (C(OH)–C–C–N with tert-alkyl or cyclic N) is 2. The summed E-state index contributed by atoms with van der Waals surface area (Å²) in [7, 11) is 0.0542. The van der Waals surface area contributed by atoms with E-state index in [1.165, 1.54) is 33.6 Å². The van der Waals surface area contributed by atoms with Crippen molar-refractivity contribution in [3.8, 4) is 55.6 Å². The molecule has 0 saturated carbocycles. The van der Waals surface area contributed by atoms with Gasteiger partial charge in [0.15, 0.2) is 5.78 Å². The van der Waals surface area contributed by atoms with Crippen LogP contribution in [0.25, 0.3) is 55.6 Å². The first-order chi connectivity index (χ1) is 65.8. The zero-order valence-electron chi connectivity index (χ0n) is 76.3. The van der Waals surface area contributed by atoms with E-state index in [2.05, 4.69) is 45.5 Å². The summed E-state index contributed by atoms with van der Waals surface area (Å²) >= 11 is 18.1. The van der Waals surface area contributed by atoms with E-state index in [9.17, 15) is 73.2 Å². The fourth-order valence-electron chi connectivity index (χ4n) is 15.0. The fourth-order valence-corrected chi connectivity index (χ4v) is 15.4. The molecule has 4 aliphatic heterocycles. The van der Waals surface area contributed by atoms with E-state index in [0.29, 0.717) is 57.5 Å². The summed E-state index contributed by atoms with van der Waals surface area (Å²) in [5.41, 5.74) is 21.0. The van der Waals surface area contributed by atoms with Gasteiger partial charge in [0.1, 0.15) is 31.3 Å². The van der Waals surface area contributed by atoms with Crippen molar-refractivity contribution < 1.29 is 108 Å². The van der Waals surface area contributed by atoms with E-state index in [1.54, 1.807) is 97.1 Å². The number of likely N-dealkylation sites (tertiary alicyclic amines) is 3. The number of aliphatic hydroxyl groups excluding tert-OH is 2. The third-order valence-electron chi connectivity index (χ3n) is 22.3. The molecule has 32 heteroatoms. The van der Waals surface area contributed by atoms with Gasteiger partial charge in [-0.1, -0.05) is 240 Å². The van der Waals surface area contributed by atoms with Gasteiger partial charge in [0.05, 0.1) is 47.5 Å². The molecule has 3 amide bonds. The highest BCUT2D eigenvalue weighted by atomic mass is 79.9. The normalized spacial score (nSPS) is 15.9. The number of benzene rings is 12. The Morgan fingerprint density at radius 1 is 0.396 bits per heavy atom. The summed E-state index contributed by atoms with van der Waals surface area (Å²) in [6.07, 6.45) is -0.816. The molecule has 0 unspecified atom stereocenters. The van der Waals surface area contributed by atoms with E-state index in [0.717, 1.165) is 81.7 Å². The molecular formula is C107H108BBrCl3N5O22. The Morgan fingerprint density at radius 2 is 0.698 bits per heavy atom. The third-order valence-corrected chi connectivity index (χ3v) is 23.1. The number of aliphatic hydroxyl groups is 2. The maximum atomic E-state index is 12.8. The van der Waals surface area contributed by atoms with Crippen LogP contribution in [0.15, 0.2) is 301 Å². The number of hydrogen-bond acceptors (Lipinski definition) is 18. The van der Waals surface area contributed by atoms with Crippen molar-refractivity contribution in [3.05, 3.63) is 362 Å². The lowest BCUT2D eigenvalue weighted by atomic mass is 9.77. The largest absolute Gasteiger partial charge is 0.488 e. The lowest BCUT2D eigenvalue weighted by molar-refractivity contribution is -0.142. The molecule has 0 aliphatic carbocycles. The first-order valence-corrected chi connectivity index (χ1v) is 45.4. The molecule has 0 aromatic heterocycles. The van der Waals surface area contributed by atoms with Gasteiger partial charge in [-0.05, 0) is 227 Å². The number of amides is 3. The molecule has 11 N–H and O–H groups in total. The Morgan fingerprint density at radius 3 is 0.978 bits per heavy atom. The minimum absolute atomic E-state index is 0. The van der Waals surface area contributed by atoms with Gasteiger partial charge >= 0.3 is 42.9 Å². The number of alkyl halides is 2. The van der Waals surface area contributed by atoms with E-state index < -0.39 is 90.5 Å². The van der Waals surface area contributed by atoms with Crippen molar-refractivity contribution in [2.75, 3.05) is 38.6 Å². The average Bonchev–Trinajstić information content (AvgIpc) is 1.68. The summed E-state index contributed by atoms with van der Waals surface area (Å²) in [6, 6.07) is 85.9. The lowest BCUT2D eigenvalue weighted by Crippen LogP contribution is -2.40. The smallest absolute Gasteiger partial charge is 0.480 e. The molecule has 4 fully saturated rings. The van der Waals surface area contributed by atoms with Crippen LogP contribution in [0.5, 0.6) is 0 Å². The van der Waals surface area contributed by atoms with Gasteiger partial charge in [-0.25, -0.2) is 24.0 Å². The summed E-state index contributed by atoms with van der Waals surface area (Å²) in [4.78, 5) is 134. The maximum absolute atomic E-state index is 12.8. The number of nitrogens with zero attached hydrogens (tertiary/aromatic N) is 4. The van der Waals surface area contributed by atoms with E-state index in [4.69, 9.17) is 70.1 Å². The second-order valence-corrected chi connectivity index (χ2v) is 34.0. The highest BCUT2D eigenvalue weighted by molar-refractivity contribution is 9.10. The third kappa shape index (κ3) is 33.1. The van der Waals surface area contributed by atoms with Crippen LogP contribution >= 0.6 is 50.7 Å². The number of carboxylic acid groups (broad SMARTS) is 6. The molecule has 16 rings (SSSR count). The molecule has 724 valence electrons. The fraction of sp³-hybridized carbons (Fsp3) is 0.215. The second-order valence-electron chi connectivity index (χ2n) is 31.9. The van der Waals surface area contributed by atoms with Gasteiger partial charge in [0.25, 0.3) is 23.0 Å². The summed E-state index contributed by atoms with van der Waals surface area (Å²) < 4.78 is 0.887. The molecule has 4 heterocycles. The number of rotatable bonds is 17. The van der Waals surface area contributed by atoms with Crippen LogP contribution in [0.1, 0.15) is 129 Å². The number of hydrogen-bond donors (Lipinski definition) is 11. The number of aliphatic carboxylic acids is 4. The second kappa shape index (κ2) is 55.3. The molecule has 0 radical (unpaired) electrons. The van der Waals surface area contributed by atoms with Gasteiger partial charge < -0.3 is 75.8 Å². The van der Waals surface area contributed by atoms with Crippen LogP contribution in [0.4, 0.5) is 0 Å². The van der Waals surface area contributed by atoms with Crippen molar-refractivity contribution >= 4 is 134 Å². The number of Topliss-reactive ketones (excluding diaryl/α,β-unsaturated/α-hetero) is 1. The number of nitrogens with one attached hydrogen (secondary N) is 1. The first-order valence-electron chi connectivity index (χ1n) is 43.1. The van der Waals surface area contributed by atoms with Crippen molar-refractivity contribution in [1.29, 1.82) is 0 Å². The van der Waals surface area contributed by atoms with Gasteiger partial charge in [-0.2, -0.15) is 0 Å². The van der Waals surface area contributed by atoms with Crippen LogP contribution in [-0.2, 0) is 28.8 Å². The number of aryl methyl sites for hydroxylation is 6. The first kappa shape index (κ1) is 112. The Kier molecular flexibility index (Phi) is 44.5. The quantitative estimate of drug-likeness (QED) is 0.0175. The van der Waals surface area contributed by atoms with Crippen molar-refractivity contribution in [2.45, 2.75) is 111 Å². The van der Waals surface area contributed by atoms with E-state index in [1.807, 2.05) is 217 Å². The number of oxime groups is 1. The molecule has 4 saturated heterocycles. The Labute approximate surface area is 829 Å². The van der Waals surface area contributed by atoms with E-state index >= 15 is 0 Å². The molecule has 12 aromatic rings. The number of carbonyl (C=O) groups excluding carboxylic acids is 5. The summed E-state index contributed by atoms with van der Waals surface area (Å²) in [5.74, 6) is -7.30. The molecule has 0 bridgehead atoms. The average molecular weight is 2010 g/mol. The Balaban J connectivity index is 0.000000220. The number of carboxylic acids is 6.